The smallest absolute Gasteiger partial charge is 0.140 e. The molecule has 0 bridgehead atoms. The zero-order valence-electron chi connectivity index (χ0n) is 11.9. The van der Waals surface area contributed by atoms with E-state index >= 15 is 0 Å². The normalized spacial score (nSPS) is 11.3. The lowest BCUT2D eigenvalue weighted by Crippen LogP contribution is -1.87. The number of nitrogens with one attached hydrogen (secondary N) is 1. The minimum Gasteiger partial charge on any atom is -0.338 e. The van der Waals surface area contributed by atoms with Crippen LogP contribution in [0, 0.1) is 13.8 Å². The number of aromatic nitrogens is 4. The van der Waals surface area contributed by atoms with E-state index < -0.39 is 0 Å². The van der Waals surface area contributed by atoms with Crippen molar-refractivity contribution in [3.8, 4) is 11.4 Å². The summed E-state index contributed by atoms with van der Waals surface area (Å²) in [6.07, 6.45) is 3.42. The van der Waals surface area contributed by atoms with E-state index in [9.17, 15) is 0 Å². The van der Waals surface area contributed by atoms with E-state index in [1.54, 1.807) is 12.4 Å². The molecule has 2 aromatic carbocycles. The Morgan fingerprint density at radius 1 is 0.905 bits per heavy atom. The Labute approximate surface area is 121 Å². The summed E-state index contributed by atoms with van der Waals surface area (Å²) < 4.78 is 0. The van der Waals surface area contributed by atoms with Gasteiger partial charge >= 0.3 is 0 Å². The van der Waals surface area contributed by atoms with Gasteiger partial charge in [0.2, 0.25) is 0 Å². The largest absolute Gasteiger partial charge is 0.338 e. The van der Waals surface area contributed by atoms with Crippen molar-refractivity contribution < 1.29 is 0 Å². The molecule has 0 aliphatic rings. The summed E-state index contributed by atoms with van der Waals surface area (Å²) in [4.78, 5) is 16.9. The molecule has 0 saturated carbocycles. The van der Waals surface area contributed by atoms with E-state index in [1.165, 1.54) is 11.1 Å². The maximum atomic E-state index is 4.71. The first-order chi connectivity index (χ1) is 10.2. The Kier molecular flexibility index (Phi) is 2.51. The Morgan fingerprint density at radius 2 is 1.71 bits per heavy atom. The second-order valence-corrected chi connectivity index (χ2v) is 5.27. The molecule has 2 heterocycles. The van der Waals surface area contributed by atoms with Gasteiger partial charge in [0, 0.05) is 18.0 Å². The van der Waals surface area contributed by atoms with Gasteiger partial charge in [-0.3, -0.25) is 9.97 Å². The second kappa shape index (κ2) is 4.38. The fraction of sp³-hybridized carbons (Fsp3) is 0.118. The van der Waals surface area contributed by atoms with Crippen LogP contribution in [0.25, 0.3) is 33.5 Å². The molecule has 4 aromatic rings. The summed E-state index contributed by atoms with van der Waals surface area (Å²) in [7, 11) is 0. The zero-order valence-corrected chi connectivity index (χ0v) is 11.9. The molecule has 0 unspecified atom stereocenters. The third kappa shape index (κ3) is 1.88. The number of hydrogen-bond acceptors (Lipinski definition) is 3. The van der Waals surface area contributed by atoms with Crippen molar-refractivity contribution in [2.24, 2.45) is 0 Å². The van der Waals surface area contributed by atoms with Crippen molar-refractivity contribution >= 4 is 22.1 Å². The molecule has 2 aromatic heterocycles. The van der Waals surface area contributed by atoms with E-state index in [2.05, 4.69) is 40.9 Å². The number of nitrogens with zero attached hydrogens (tertiary/aromatic N) is 3. The van der Waals surface area contributed by atoms with E-state index in [0.29, 0.717) is 0 Å². The standard InChI is InChI=1S/C17H14N4/c1-10-8-14-15(9-11(10)2)21-17(20-14)12-4-3-5-13-16(12)19-7-6-18-13/h3-9H,1-2H3,(H,20,21). The highest BCUT2D eigenvalue weighted by Crippen LogP contribution is 2.27. The molecule has 0 aliphatic carbocycles. The van der Waals surface area contributed by atoms with Crippen molar-refractivity contribution in [3.63, 3.8) is 0 Å². The van der Waals surface area contributed by atoms with Gasteiger partial charge < -0.3 is 4.98 Å². The van der Waals surface area contributed by atoms with Crippen LogP contribution in [0.2, 0.25) is 0 Å². The highest BCUT2D eigenvalue weighted by atomic mass is 14.9. The first-order valence-electron chi connectivity index (χ1n) is 6.89. The zero-order chi connectivity index (χ0) is 14.4. The van der Waals surface area contributed by atoms with Gasteiger partial charge in [-0.15, -0.1) is 0 Å². The number of imidazole rings is 1. The van der Waals surface area contributed by atoms with Gasteiger partial charge in [0.15, 0.2) is 0 Å². The molecule has 21 heavy (non-hydrogen) atoms. The molecule has 0 amide bonds. The molecule has 0 saturated heterocycles. The highest BCUT2D eigenvalue weighted by Gasteiger charge is 2.10. The first kappa shape index (κ1) is 12.0. The van der Waals surface area contributed by atoms with Crippen LogP contribution in [-0.2, 0) is 0 Å². The Morgan fingerprint density at radius 3 is 2.62 bits per heavy atom. The third-order valence-electron chi connectivity index (χ3n) is 3.85. The van der Waals surface area contributed by atoms with Crippen LogP contribution in [0.15, 0.2) is 42.7 Å². The van der Waals surface area contributed by atoms with Gasteiger partial charge in [-0.05, 0) is 49.2 Å². The maximum Gasteiger partial charge on any atom is 0.140 e. The highest BCUT2D eigenvalue weighted by molar-refractivity contribution is 5.91. The molecule has 102 valence electrons. The molecule has 1 N–H and O–H groups in total. The molecule has 0 fully saturated rings. The SMILES string of the molecule is Cc1cc2nc(-c3cccc4nccnc34)[nH]c2cc1C. The van der Waals surface area contributed by atoms with Gasteiger partial charge in [0.05, 0.1) is 22.1 Å². The number of aryl methyl sites for hydroxylation is 2. The fourth-order valence-corrected chi connectivity index (χ4v) is 2.58. The molecule has 4 heteroatoms. The van der Waals surface area contributed by atoms with Gasteiger partial charge in [0.1, 0.15) is 5.82 Å². The van der Waals surface area contributed by atoms with Crippen LogP contribution in [0.5, 0.6) is 0 Å². The third-order valence-corrected chi connectivity index (χ3v) is 3.85. The number of fused-ring (bicyclic) bond motifs is 2. The minimum atomic E-state index is 0.834. The van der Waals surface area contributed by atoms with Crippen molar-refractivity contribution in [3.05, 3.63) is 53.9 Å². The summed E-state index contributed by atoms with van der Waals surface area (Å²) in [5, 5.41) is 0. The molecule has 4 rings (SSSR count). The van der Waals surface area contributed by atoms with Gasteiger partial charge in [-0.1, -0.05) is 6.07 Å². The molecule has 0 atom stereocenters. The number of benzene rings is 2. The monoisotopic (exact) mass is 274 g/mol. The average molecular weight is 274 g/mol. The molecular weight excluding hydrogens is 260 g/mol. The lowest BCUT2D eigenvalue weighted by molar-refractivity contribution is 1.27. The van der Waals surface area contributed by atoms with E-state index in [0.717, 1.165) is 33.5 Å². The molecular formula is C17H14N4. The predicted molar refractivity (Wildman–Crippen MR) is 84.1 cm³/mol. The van der Waals surface area contributed by atoms with E-state index in [1.807, 2.05) is 18.2 Å². The Hall–Kier alpha value is -2.75. The van der Waals surface area contributed by atoms with Crippen molar-refractivity contribution in [1.29, 1.82) is 0 Å². The van der Waals surface area contributed by atoms with Crippen LogP contribution in [0.1, 0.15) is 11.1 Å². The lowest BCUT2D eigenvalue weighted by atomic mass is 10.1. The lowest BCUT2D eigenvalue weighted by Gasteiger charge is -2.01. The maximum absolute atomic E-state index is 4.71. The van der Waals surface area contributed by atoms with Crippen LogP contribution >= 0.6 is 0 Å². The van der Waals surface area contributed by atoms with Crippen LogP contribution in [-0.4, -0.2) is 19.9 Å². The number of hydrogen-bond donors (Lipinski definition) is 1. The molecule has 0 spiro atoms. The summed E-state index contributed by atoms with van der Waals surface area (Å²) >= 11 is 0. The predicted octanol–water partition coefficient (Wildman–Crippen LogP) is 3.79. The van der Waals surface area contributed by atoms with Gasteiger partial charge in [0.25, 0.3) is 0 Å². The quantitative estimate of drug-likeness (QED) is 0.574. The summed E-state index contributed by atoms with van der Waals surface area (Å²) in [6, 6.07) is 10.2. The van der Waals surface area contributed by atoms with Crippen molar-refractivity contribution in [2.45, 2.75) is 13.8 Å². The van der Waals surface area contributed by atoms with Crippen molar-refractivity contribution in [2.75, 3.05) is 0 Å². The number of para-hydroxylation sites is 1. The fourth-order valence-electron chi connectivity index (χ4n) is 2.58. The Balaban J connectivity index is 2.00. The number of rotatable bonds is 1. The van der Waals surface area contributed by atoms with Crippen molar-refractivity contribution in [1.82, 2.24) is 19.9 Å². The van der Waals surface area contributed by atoms with Gasteiger partial charge in [-0.2, -0.15) is 0 Å². The minimum absolute atomic E-state index is 0.834. The summed E-state index contributed by atoms with van der Waals surface area (Å²) in [6.45, 7) is 4.21. The Bertz CT molecular complexity index is 925. The average Bonchev–Trinajstić information content (AvgIpc) is 2.90. The number of aromatic amines is 1. The van der Waals surface area contributed by atoms with Gasteiger partial charge in [-0.25, -0.2) is 4.98 Å². The summed E-state index contributed by atoms with van der Waals surface area (Å²) in [5.41, 5.74) is 7.26. The van der Waals surface area contributed by atoms with Crippen LogP contribution < -0.4 is 0 Å². The summed E-state index contributed by atoms with van der Waals surface area (Å²) in [5.74, 6) is 0.834. The second-order valence-electron chi connectivity index (χ2n) is 5.27. The molecule has 0 radical (unpaired) electrons. The van der Waals surface area contributed by atoms with E-state index in [4.69, 9.17) is 4.98 Å². The molecule has 4 nitrogen and oxygen atoms in total. The van der Waals surface area contributed by atoms with Crippen LogP contribution in [0.4, 0.5) is 0 Å². The van der Waals surface area contributed by atoms with E-state index in [-0.39, 0.29) is 0 Å². The molecule has 0 aliphatic heterocycles. The van der Waals surface area contributed by atoms with Crippen LogP contribution in [0.3, 0.4) is 0 Å². The first-order valence-corrected chi connectivity index (χ1v) is 6.89. The number of H-pyrrole nitrogens is 1. The topological polar surface area (TPSA) is 54.5 Å².